The highest BCUT2D eigenvalue weighted by molar-refractivity contribution is 6.66. The first-order chi connectivity index (χ1) is 6.60. The molecule has 0 aliphatic carbocycles. The fraction of sp³-hybridized carbons (Fsp3) is 0.889. The van der Waals surface area contributed by atoms with E-state index in [4.69, 9.17) is 19.1 Å². The molecule has 1 N–H and O–H groups in total. The number of carbonyl (C=O) groups excluding carboxylic acids is 1. The third-order valence-electron chi connectivity index (χ3n) is 1.60. The molecule has 5 heteroatoms. The summed E-state index contributed by atoms with van der Waals surface area (Å²) in [5, 5.41) is 5.40. The molecule has 0 aliphatic heterocycles. The van der Waals surface area contributed by atoms with Crippen LogP contribution in [0.25, 0.3) is 0 Å². The molecule has 0 aromatic carbocycles. The van der Waals surface area contributed by atoms with Crippen LogP contribution in [0, 0.1) is 5.41 Å². The molecule has 0 aromatic heterocycles. The van der Waals surface area contributed by atoms with Gasteiger partial charge in [0.05, 0.1) is 0 Å². The Balaban J connectivity index is 0. The van der Waals surface area contributed by atoms with E-state index in [1.807, 2.05) is 13.8 Å². The predicted molar refractivity (Wildman–Crippen MR) is 58.4 cm³/mol. The maximum atomic E-state index is 8.35. The van der Waals surface area contributed by atoms with Gasteiger partial charge < -0.3 is 8.85 Å². The van der Waals surface area contributed by atoms with E-state index in [0.717, 1.165) is 31.8 Å². The first-order valence-electron chi connectivity index (χ1n) is 4.91. The van der Waals surface area contributed by atoms with Crippen molar-refractivity contribution >= 4 is 14.6 Å². The Morgan fingerprint density at radius 3 is 1.79 bits per heavy atom. The van der Waals surface area contributed by atoms with Crippen LogP contribution in [-0.2, 0) is 13.6 Å². The minimum Gasteiger partial charge on any atom is -0.395 e. The van der Waals surface area contributed by atoms with Crippen LogP contribution in [-0.4, -0.2) is 27.9 Å². The van der Waals surface area contributed by atoms with E-state index in [-0.39, 0.29) is 0 Å². The molecule has 0 heterocycles. The number of isocyanates is 1. The lowest BCUT2D eigenvalue weighted by Crippen LogP contribution is -2.38. The standard InChI is InChI=1S/C8H20O2Si.CHNO/c1-5-8-11(4,9-6-2)10-7-3;2-1-3/h5-8H2,1-4H3;2H. The lowest BCUT2D eigenvalue weighted by molar-refractivity contribution is 0.189. The Kier molecular flexibility index (Phi) is 12.1. The van der Waals surface area contributed by atoms with Crippen molar-refractivity contribution < 1.29 is 13.6 Å². The van der Waals surface area contributed by atoms with Gasteiger partial charge in [-0.2, -0.15) is 0 Å². The first kappa shape index (κ1) is 16.0. The average molecular weight is 219 g/mol. The maximum Gasteiger partial charge on any atom is 0.334 e. The van der Waals surface area contributed by atoms with Crippen molar-refractivity contribution in [2.75, 3.05) is 13.2 Å². The van der Waals surface area contributed by atoms with Gasteiger partial charge in [-0.05, 0) is 26.4 Å². The molecule has 0 fully saturated rings. The Morgan fingerprint density at radius 1 is 1.21 bits per heavy atom. The van der Waals surface area contributed by atoms with Crippen molar-refractivity contribution in [3.05, 3.63) is 0 Å². The molecule has 14 heavy (non-hydrogen) atoms. The van der Waals surface area contributed by atoms with E-state index in [0.29, 0.717) is 0 Å². The number of hydrogen-bond donors (Lipinski definition) is 1. The Hall–Kier alpha value is -0.483. The van der Waals surface area contributed by atoms with Crippen molar-refractivity contribution in [3.63, 3.8) is 0 Å². The highest BCUT2D eigenvalue weighted by Crippen LogP contribution is 2.14. The van der Waals surface area contributed by atoms with E-state index in [1.165, 1.54) is 0 Å². The minimum absolute atomic E-state index is 0.750. The molecular formula is C9H21NO3Si. The molecule has 0 atom stereocenters. The summed E-state index contributed by atoms with van der Waals surface area (Å²) in [4.78, 5) is 8.35. The van der Waals surface area contributed by atoms with Gasteiger partial charge in [0.2, 0.25) is 6.08 Å². The molecule has 0 saturated heterocycles. The first-order valence-corrected chi connectivity index (χ1v) is 7.44. The summed E-state index contributed by atoms with van der Waals surface area (Å²) in [5.74, 6) is 0. The van der Waals surface area contributed by atoms with Gasteiger partial charge in [-0.25, -0.2) is 10.2 Å². The van der Waals surface area contributed by atoms with Gasteiger partial charge in [-0.15, -0.1) is 0 Å². The smallest absolute Gasteiger partial charge is 0.334 e. The van der Waals surface area contributed by atoms with Crippen molar-refractivity contribution in [1.82, 2.24) is 0 Å². The van der Waals surface area contributed by atoms with Crippen LogP contribution in [0.1, 0.15) is 27.2 Å². The molecule has 0 unspecified atom stereocenters. The second kappa shape index (κ2) is 10.6. The van der Waals surface area contributed by atoms with E-state index < -0.39 is 8.56 Å². The van der Waals surface area contributed by atoms with Crippen LogP contribution in [0.15, 0.2) is 0 Å². The molecule has 0 radical (unpaired) electrons. The van der Waals surface area contributed by atoms with Gasteiger partial charge >= 0.3 is 8.56 Å². The van der Waals surface area contributed by atoms with Crippen molar-refractivity contribution in [3.8, 4) is 0 Å². The maximum absolute atomic E-state index is 8.35. The molecule has 0 aliphatic rings. The second-order valence-corrected chi connectivity index (χ2v) is 6.20. The van der Waals surface area contributed by atoms with Crippen LogP contribution in [0.4, 0.5) is 0 Å². The molecule has 0 bridgehead atoms. The van der Waals surface area contributed by atoms with Crippen molar-refractivity contribution in [2.45, 2.75) is 39.8 Å². The van der Waals surface area contributed by atoms with Crippen LogP contribution in [0.2, 0.25) is 12.6 Å². The largest absolute Gasteiger partial charge is 0.395 e. The Morgan fingerprint density at radius 2 is 1.57 bits per heavy atom. The van der Waals surface area contributed by atoms with Crippen LogP contribution >= 0.6 is 0 Å². The fourth-order valence-electron chi connectivity index (χ4n) is 1.25. The molecule has 0 spiro atoms. The van der Waals surface area contributed by atoms with Gasteiger partial charge in [-0.3, -0.25) is 0 Å². The lowest BCUT2D eigenvalue weighted by atomic mass is 10.6. The normalized spacial score (nSPS) is 10.0. The summed E-state index contributed by atoms with van der Waals surface area (Å²) < 4.78 is 11.3. The molecule has 0 rings (SSSR count). The third-order valence-corrected chi connectivity index (χ3v) is 4.81. The monoisotopic (exact) mass is 219 g/mol. The summed E-state index contributed by atoms with van der Waals surface area (Å²) in [5.41, 5.74) is 0. The zero-order valence-electron chi connectivity index (χ0n) is 9.55. The molecule has 0 aromatic rings. The minimum atomic E-state index is -1.75. The zero-order chi connectivity index (χ0) is 11.4. The molecule has 4 nitrogen and oxygen atoms in total. The lowest BCUT2D eigenvalue weighted by Gasteiger charge is -2.25. The highest BCUT2D eigenvalue weighted by Gasteiger charge is 2.28. The van der Waals surface area contributed by atoms with Crippen LogP contribution in [0.3, 0.4) is 0 Å². The quantitative estimate of drug-likeness (QED) is 0.424. The molecule has 0 saturated carbocycles. The number of rotatable bonds is 6. The fourth-order valence-corrected chi connectivity index (χ4v) is 3.75. The zero-order valence-corrected chi connectivity index (χ0v) is 10.6. The molecule has 0 amide bonds. The second-order valence-electron chi connectivity index (χ2n) is 2.85. The van der Waals surface area contributed by atoms with Crippen molar-refractivity contribution in [2.24, 2.45) is 0 Å². The van der Waals surface area contributed by atoms with Crippen LogP contribution < -0.4 is 0 Å². The third kappa shape index (κ3) is 9.60. The number of hydrogen-bond acceptors (Lipinski definition) is 4. The van der Waals surface area contributed by atoms with Gasteiger partial charge in [0, 0.05) is 13.2 Å². The number of nitrogens with one attached hydrogen (secondary N) is 1. The highest BCUT2D eigenvalue weighted by atomic mass is 28.4. The Bertz CT molecular complexity index is 141. The van der Waals surface area contributed by atoms with Crippen LogP contribution in [0.5, 0.6) is 0 Å². The van der Waals surface area contributed by atoms with E-state index in [9.17, 15) is 0 Å². The van der Waals surface area contributed by atoms with Crippen molar-refractivity contribution in [1.29, 1.82) is 5.41 Å². The predicted octanol–water partition coefficient (Wildman–Crippen LogP) is 2.44. The average Bonchev–Trinajstić information content (AvgIpc) is 2.06. The summed E-state index contributed by atoms with van der Waals surface area (Å²) in [6, 6.07) is 1.11. The summed E-state index contributed by atoms with van der Waals surface area (Å²) in [6.07, 6.45) is 1.91. The summed E-state index contributed by atoms with van der Waals surface area (Å²) >= 11 is 0. The SMILES string of the molecule is CCC[Si](C)(OCC)OCC.N=C=O. The van der Waals surface area contributed by atoms with Gasteiger partial charge in [0.15, 0.2) is 0 Å². The van der Waals surface area contributed by atoms with E-state index in [2.05, 4.69) is 13.5 Å². The topological polar surface area (TPSA) is 59.4 Å². The Labute approximate surface area is 87.4 Å². The van der Waals surface area contributed by atoms with E-state index >= 15 is 0 Å². The van der Waals surface area contributed by atoms with E-state index in [1.54, 1.807) is 0 Å². The summed E-state index contributed by atoms with van der Waals surface area (Å²) in [7, 11) is -1.75. The van der Waals surface area contributed by atoms with Gasteiger partial charge in [0.1, 0.15) is 0 Å². The summed E-state index contributed by atoms with van der Waals surface area (Å²) in [6.45, 7) is 9.93. The molecular weight excluding hydrogens is 198 g/mol. The molecule has 84 valence electrons. The van der Waals surface area contributed by atoms with Gasteiger partial charge in [0.25, 0.3) is 0 Å². The van der Waals surface area contributed by atoms with Gasteiger partial charge in [-0.1, -0.05) is 13.3 Å².